The minimum Gasteiger partial charge on any atom is -0.350 e. The van der Waals surface area contributed by atoms with Crippen LogP contribution in [0.4, 0.5) is 5.69 Å². The molecule has 0 spiro atoms. The van der Waals surface area contributed by atoms with Gasteiger partial charge in [0.05, 0.1) is 11.9 Å². The summed E-state index contributed by atoms with van der Waals surface area (Å²) in [7, 11) is 1.89. The Morgan fingerprint density at radius 2 is 1.77 bits per heavy atom. The van der Waals surface area contributed by atoms with Gasteiger partial charge in [0.1, 0.15) is 13.1 Å². The molecular formula is C16H16N4O2. The Hall–Kier alpha value is -2.89. The fraction of sp³-hybridized carbons (Fsp3) is 0.188. The predicted molar refractivity (Wildman–Crippen MR) is 83.5 cm³/mol. The molecule has 0 saturated carbocycles. The molecule has 0 radical (unpaired) electrons. The van der Waals surface area contributed by atoms with Gasteiger partial charge in [0.2, 0.25) is 5.91 Å². The molecule has 6 heteroatoms. The SMILES string of the molecule is Cn1cccc1C=NN1CC(=O)N(c2ccccc2)CC1=O. The lowest BCUT2D eigenvalue weighted by Gasteiger charge is -2.31. The van der Waals surface area contributed by atoms with Crippen LogP contribution in [-0.4, -0.2) is 40.7 Å². The summed E-state index contributed by atoms with van der Waals surface area (Å²) >= 11 is 0. The summed E-state index contributed by atoms with van der Waals surface area (Å²) in [6.45, 7) is -0.0397. The quantitative estimate of drug-likeness (QED) is 0.800. The summed E-state index contributed by atoms with van der Waals surface area (Å²) in [6.07, 6.45) is 3.48. The molecule has 3 rings (SSSR count). The average Bonchev–Trinajstić information content (AvgIpc) is 2.94. The number of para-hydroxylation sites is 1. The van der Waals surface area contributed by atoms with E-state index >= 15 is 0 Å². The van der Waals surface area contributed by atoms with E-state index in [-0.39, 0.29) is 24.9 Å². The number of rotatable bonds is 3. The smallest absolute Gasteiger partial charge is 0.263 e. The van der Waals surface area contributed by atoms with Gasteiger partial charge in [0.25, 0.3) is 5.91 Å². The van der Waals surface area contributed by atoms with Crippen LogP contribution in [0, 0.1) is 0 Å². The molecule has 2 heterocycles. The van der Waals surface area contributed by atoms with Crippen molar-refractivity contribution < 1.29 is 9.59 Å². The highest BCUT2D eigenvalue weighted by Crippen LogP contribution is 2.17. The fourth-order valence-electron chi connectivity index (χ4n) is 2.29. The van der Waals surface area contributed by atoms with Crippen molar-refractivity contribution in [3.05, 3.63) is 54.4 Å². The Morgan fingerprint density at radius 3 is 2.45 bits per heavy atom. The maximum Gasteiger partial charge on any atom is 0.263 e. The Labute approximate surface area is 128 Å². The third-order valence-corrected chi connectivity index (χ3v) is 3.55. The van der Waals surface area contributed by atoms with Crippen LogP contribution in [0.25, 0.3) is 0 Å². The molecule has 6 nitrogen and oxygen atoms in total. The number of carbonyl (C=O) groups is 2. The second kappa shape index (κ2) is 5.85. The molecule has 0 atom stereocenters. The molecule has 0 N–H and O–H groups in total. The zero-order valence-corrected chi connectivity index (χ0v) is 12.2. The van der Waals surface area contributed by atoms with E-state index in [4.69, 9.17) is 0 Å². The van der Waals surface area contributed by atoms with Crippen LogP contribution in [0.15, 0.2) is 53.8 Å². The van der Waals surface area contributed by atoms with E-state index in [9.17, 15) is 9.59 Å². The van der Waals surface area contributed by atoms with Crippen molar-refractivity contribution in [1.82, 2.24) is 9.58 Å². The number of nitrogens with zero attached hydrogens (tertiary/aromatic N) is 4. The second-order valence-corrected chi connectivity index (χ2v) is 5.06. The summed E-state index contributed by atoms with van der Waals surface area (Å²) in [5, 5.41) is 5.35. The highest BCUT2D eigenvalue weighted by Gasteiger charge is 2.30. The molecule has 22 heavy (non-hydrogen) atoms. The number of hydrogen-bond donors (Lipinski definition) is 0. The van der Waals surface area contributed by atoms with Crippen LogP contribution in [0.1, 0.15) is 5.69 Å². The minimum absolute atomic E-state index is 0.00727. The number of benzene rings is 1. The first-order chi connectivity index (χ1) is 10.6. The van der Waals surface area contributed by atoms with Gasteiger partial charge < -0.3 is 9.47 Å². The standard InChI is InChI=1S/C16H16N4O2/c1-18-9-5-8-14(18)10-17-20-12-15(21)19(11-16(20)22)13-6-3-2-4-7-13/h2-10H,11-12H2,1H3. The predicted octanol–water partition coefficient (Wildman–Crippen LogP) is 1.23. The van der Waals surface area contributed by atoms with Crippen molar-refractivity contribution in [2.45, 2.75) is 0 Å². The number of hydrogen-bond acceptors (Lipinski definition) is 3. The van der Waals surface area contributed by atoms with Crippen molar-refractivity contribution in [3.8, 4) is 0 Å². The molecule has 1 aromatic heterocycles. The van der Waals surface area contributed by atoms with Crippen molar-refractivity contribution in [2.75, 3.05) is 18.0 Å². The van der Waals surface area contributed by atoms with Gasteiger partial charge in [-0.1, -0.05) is 18.2 Å². The lowest BCUT2D eigenvalue weighted by atomic mass is 10.2. The van der Waals surface area contributed by atoms with Gasteiger partial charge in [-0.25, -0.2) is 5.01 Å². The maximum absolute atomic E-state index is 12.2. The van der Waals surface area contributed by atoms with Crippen molar-refractivity contribution in [2.24, 2.45) is 12.1 Å². The summed E-state index contributed by atoms with van der Waals surface area (Å²) in [5.74, 6) is -0.344. The topological polar surface area (TPSA) is 57.9 Å². The first-order valence-corrected chi connectivity index (χ1v) is 6.96. The highest BCUT2D eigenvalue weighted by atomic mass is 16.2. The normalized spacial score (nSPS) is 15.9. The first-order valence-electron chi connectivity index (χ1n) is 6.96. The summed E-state index contributed by atoms with van der Waals surface area (Å²) in [4.78, 5) is 25.9. The number of piperazine rings is 1. The molecule has 2 aromatic rings. The van der Waals surface area contributed by atoms with E-state index < -0.39 is 0 Å². The van der Waals surface area contributed by atoms with E-state index in [1.165, 1.54) is 9.91 Å². The van der Waals surface area contributed by atoms with Gasteiger partial charge in [0.15, 0.2) is 0 Å². The van der Waals surface area contributed by atoms with Gasteiger partial charge in [-0.05, 0) is 24.3 Å². The Bertz CT molecular complexity index is 721. The zero-order valence-electron chi connectivity index (χ0n) is 12.2. The van der Waals surface area contributed by atoms with E-state index in [2.05, 4.69) is 5.10 Å². The van der Waals surface area contributed by atoms with Crippen LogP contribution in [0.5, 0.6) is 0 Å². The molecule has 0 aliphatic carbocycles. The fourth-order valence-corrected chi connectivity index (χ4v) is 2.29. The number of amides is 2. The van der Waals surface area contributed by atoms with E-state index in [1.54, 1.807) is 6.21 Å². The molecular weight excluding hydrogens is 280 g/mol. The molecule has 1 fully saturated rings. The van der Waals surface area contributed by atoms with Crippen LogP contribution >= 0.6 is 0 Å². The summed E-state index contributed by atoms with van der Waals surface area (Å²) < 4.78 is 1.88. The average molecular weight is 296 g/mol. The van der Waals surface area contributed by atoms with E-state index in [1.807, 2.05) is 60.3 Å². The molecule has 1 saturated heterocycles. The van der Waals surface area contributed by atoms with E-state index in [0.29, 0.717) is 0 Å². The number of hydrazone groups is 1. The molecule has 1 aromatic carbocycles. The van der Waals surface area contributed by atoms with Crippen LogP contribution < -0.4 is 4.90 Å². The third-order valence-electron chi connectivity index (χ3n) is 3.55. The molecule has 2 amide bonds. The Morgan fingerprint density at radius 1 is 1.00 bits per heavy atom. The molecule has 0 bridgehead atoms. The van der Waals surface area contributed by atoms with Crippen molar-refractivity contribution >= 4 is 23.7 Å². The number of aryl methyl sites for hydroxylation is 1. The number of aromatic nitrogens is 1. The zero-order chi connectivity index (χ0) is 15.5. The largest absolute Gasteiger partial charge is 0.350 e. The lowest BCUT2D eigenvalue weighted by Crippen LogP contribution is -2.52. The number of anilines is 1. The van der Waals surface area contributed by atoms with Gasteiger partial charge in [0, 0.05) is 18.9 Å². The second-order valence-electron chi connectivity index (χ2n) is 5.06. The van der Waals surface area contributed by atoms with Crippen molar-refractivity contribution in [3.63, 3.8) is 0 Å². The molecule has 112 valence electrons. The van der Waals surface area contributed by atoms with Crippen LogP contribution in [0.3, 0.4) is 0 Å². The van der Waals surface area contributed by atoms with Crippen LogP contribution in [-0.2, 0) is 16.6 Å². The molecule has 1 aliphatic rings. The monoisotopic (exact) mass is 296 g/mol. The van der Waals surface area contributed by atoms with Crippen molar-refractivity contribution in [1.29, 1.82) is 0 Å². The van der Waals surface area contributed by atoms with Crippen LogP contribution in [0.2, 0.25) is 0 Å². The Balaban J connectivity index is 1.73. The molecule has 1 aliphatic heterocycles. The van der Waals surface area contributed by atoms with Gasteiger partial charge in [-0.15, -0.1) is 0 Å². The third kappa shape index (κ3) is 2.76. The van der Waals surface area contributed by atoms with Gasteiger partial charge in [-0.3, -0.25) is 9.59 Å². The molecule has 0 unspecified atom stereocenters. The van der Waals surface area contributed by atoms with Gasteiger partial charge in [-0.2, -0.15) is 5.10 Å². The Kier molecular flexibility index (Phi) is 3.74. The summed E-state index contributed by atoms with van der Waals surface area (Å²) in [6, 6.07) is 13.0. The lowest BCUT2D eigenvalue weighted by molar-refractivity contribution is -0.138. The highest BCUT2D eigenvalue weighted by molar-refractivity contribution is 6.04. The maximum atomic E-state index is 12.2. The number of carbonyl (C=O) groups excluding carboxylic acids is 2. The summed E-state index contributed by atoms with van der Waals surface area (Å²) in [5.41, 5.74) is 1.60. The first kappa shape index (κ1) is 14.1. The van der Waals surface area contributed by atoms with Gasteiger partial charge >= 0.3 is 0 Å². The minimum atomic E-state index is -0.200. The van der Waals surface area contributed by atoms with E-state index in [0.717, 1.165) is 11.4 Å².